The van der Waals surface area contributed by atoms with Gasteiger partial charge in [-0.3, -0.25) is 4.79 Å². The molecule has 1 amide bonds. The SMILES string of the molecule is C=C1N(C(=O)/C(=C\C)NCc2coc(-c3ccccc3)n2)C(C=O)CC12CC2. The predicted octanol–water partition coefficient (Wildman–Crippen LogP) is 3.43. The van der Waals surface area contributed by atoms with E-state index >= 15 is 0 Å². The zero-order valence-corrected chi connectivity index (χ0v) is 15.9. The van der Waals surface area contributed by atoms with Crippen molar-refractivity contribution in [1.29, 1.82) is 0 Å². The molecule has 1 aromatic carbocycles. The summed E-state index contributed by atoms with van der Waals surface area (Å²) in [6.45, 7) is 6.24. The Labute approximate surface area is 163 Å². The highest BCUT2D eigenvalue weighted by molar-refractivity contribution is 5.96. The van der Waals surface area contributed by atoms with Crippen LogP contribution in [0.3, 0.4) is 0 Å². The fourth-order valence-electron chi connectivity index (χ4n) is 3.81. The smallest absolute Gasteiger partial charge is 0.274 e. The molecule has 6 nitrogen and oxygen atoms in total. The number of oxazole rings is 1. The third-order valence-corrected chi connectivity index (χ3v) is 5.62. The monoisotopic (exact) mass is 377 g/mol. The van der Waals surface area contributed by atoms with Gasteiger partial charge in [-0.05, 0) is 38.3 Å². The van der Waals surface area contributed by atoms with Gasteiger partial charge in [-0.25, -0.2) is 4.98 Å². The largest absolute Gasteiger partial charge is 0.444 e. The molecule has 2 fully saturated rings. The van der Waals surface area contributed by atoms with Crippen molar-refractivity contribution in [1.82, 2.24) is 15.2 Å². The Bertz CT molecular complexity index is 941. The second-order valence-corrected chi connectivity index (χ2v) is 7.38. The molecule has 1 unspecified atom stereocenters. The minimum atomic E-state index is -0.434. The molecular formula is C22H23N3O3. The van der Waals surface area contributed by atoms with Crippen LogP contribution in [0, 0.1) is 5.41 Å². The van der Waals surface area contributed by atoms with Crippen LogP contribution in [0.25, 0.3) is 11.5 Å². The highest BCUT2D eigenvalue weighted by Gasteiger charge is 2.56. The highest BCUT2D eigenvalue weighted by atomic mass is 16.3. The number of likely N-dealkylation sites (tertiary alicyclic amines) is 1. The van der Waals surface area contributed by atoms with E-state index in [1.54, 1.807) is 24.2 Å². The van der Waals surface area contributed by atoms with E-state index < -0.39 is 6.04 Å². The highest BCUT2D eigenvalue weighted by Crippen LogP contribution is 2.60. The molecule has 0 bridgehead atoms. The molecule has 1 spiro atoms. The minimum absolute atomic E-state index is 0.0449. The van der Waals surface area contributed by atoms with Crippen molar-refractivity contribution in [3.8, 4) is 11.5 Å². The van der Waals surface area contributed by atoms with Gasteiger partial charge in [0.2, 0.25) is 5.89 Å². The summed E-state index contributed by atoms with van der Waals surface area (Å²) in [4.78, 5) is 30.6. The summed E-state index contributed by atoms with van der Waals surface area (Å²) >= 11 is 0. The molecule has 2 aromatic rings. The Morgan fingerprint density at radius 3 is 2.79 bits per heavy atom. The van der Waals surface area contributed by atoms with Crippen LogP contribution in [0.5, 0.6) is 0 Å². The summed E-state index contributed by atoms with van der Waals surface area (Å²) in [7, 11) is 0. The number of aromatic nitrogens is 1. The van der Waals surface area contributed by atoms with Crippen LogP contribution >= 0.6 is 0 Å². The molecular weight excluding hydrogens is 354 g/mol. The number of carbonyl (C=O) groups excluding carboxylic acids is 2. The second kappa shape index (κ2) is 7.11. The first kappa shape index (κ1) is 18.2. The summed E-state index contributed by atoms with van der Waals surface area (Å²) < 4.78 is 5.54. The Morgan fingerprint density at radius 2 is 2.14 bits per heavy atom. The quantitative estimate of drug-likeness (QED) is 0.617. The Morgan fingerprint density at radius 1 is 1.39 bits per heavy atom. The lowest BCUT2D eigenvalue weighted by atomic mass is 10.0. The molecule has 4 rings (SSSR count). The molecule has 2 aliphatic rings. The molecule has 1 aliphatic heterocycles. The van der Waals surface area contributed by atoms with Gasteiger partial charge in [-0.15, -0.1) is 0 Å². The van der Waals surface area contributed by atoms with Crippen molar-refractivity contribution in [2.24, 2.45) is 5.41 Å². The van der Waals surface area contributed by atoms with E-state index in [1.165, 1.54) is 0 Å². The number of carbonyl (C=O) groups is 2. The van der Waals surface area contributed by atoms with Gasteiger partial charge < -0.3 is 19.4 Å². The Balaban J connectivity index is 1.44. The fourth-order valence-corrected chi connectivity index (χ4v) is 3.81. The van der Waals surface area contributed by atoms with Gasteiger partial charge in [0, 0.05) is 16.7 Å². The van der Waals surface area contributed by atoms with Gasteiger partial charge in [0.1, 0.15) is 12.5 Å². The third-order valence-electron chi connectivity index (χ3n) is 5.62. The van der Waals surface area contributed by atoms with Gasteiger partial charge in [0.15, 0.2) is 0 Å². The summed E-state index contributed by atoms with van der Waals surface area (Å²) in [5.74, 6) is 0.315. The maximum atomic E-state index is 13.1. The first-order valence-corrected chi connectivity index (χ1v) is 9.46. The summed E-state index contributed by atoms with van der Waals surface area (Å²) in [5.41, 5.74) is 2.74. The maximum absolute atomic E-state index is 13.1. The summed E-state index contributed by atoms with van der Waals surface area (Å²) in [6.07, 6.45) is 6.83. The molecule has 1 aromatic heterocycles. The number of hydrogen-bond acceptors (Lipinski definition) is 5. The van der Waals surface area contributed by atoms with Gasteiger partial charge in [0.25, 0.3) is 5.91 Å². The van der Waals surface area contributed by atoms with E-state index in [9.17, 15) is 9.59 Å². The molecule has 1 saturated heterocycles. The second-order valence-electron chi connectivity index (χ2n) is 7.38. The lowest BCUT2D eigenvalue weighted by molar-refractivity contribution is -0.129. The molecule has 1 aliphatic carbocycles. The van der Waals surface area contributed by atoms with Crippen molar-refractivity contribution in [3.63, 3.8) is 0 Å². The number of aldehydes is 1. The fraction of sp³-hybridized carbons (Fsp3) is 0.318. The van der Waals surface area contributed by atoms with E-state index in [0.717, 1.165) is 30.4 Å². The van der Waals surface area contributed by atoms with Gasteiger partial charge >= 0.3 is 0 Å². The van der Waals surface area contributed by atoms with Crippen molar-refractivity contribution < 1.29 is 14.0 Å². The first-order chi connectivity index (χ1) is 13.6. The van der Waals surface area contributed by atoms with E-state index in [0.29, 0.717) is 30.2 Å². The van der Waals surface area contributed by atoms with Gasteiger partial charge in [-0.2, -0.15) is 0 Å². The maximum Gasteiger partial charge on any atom is 0.274 e. The van der Waals surface area contributed by atoms with Crippen LogP contribution in [0.2, 0.25) is 0 Å². The number of nitrogens with one attached hydrogen (secondary N) is 1. The third kappa shape index (κ3) is 3.15. The van der Waals surface area contributed by atoms with Crippen LogP contribution in [0.1, 0.15) is 31.9 Å². The first-order valence-electron chi connectivity index (χ1n) is 9.46. The Hall–Kier alpha value is -3.15. The molecule has 28 heavy (non-hydrogen) atoms. The average Bonchev–Trinajstić information content (AvgIpc) is 3.25. The molecule has 1 atom stereocenters. The number of benzene rings is 1. The molecule has 0 radical (unpaired) electrons. The lowest BCUT2D eigenvalue weighted by Crippen LogP contribution is -2.39. The van der Waals surface area contributed by atoms with Crippen LogP contribution in [0.15, 0.2) is 65.1 Å². The van der Waals surface area contributed by atoms with Crippen molar-refractivity contribution in [2.45, 2.75) is 38.8 Å². The standard InChI is InChI=1S/C22H23N3O3/c1-3-19(21(27)25-15(2)22(9-10-22)11-18(25)13-26)23-12-17-14-28-20(24-17)16-7-5-4-6-8-16/h3-8,13-14,18,23H,2,9-12H2,1H3/b19-3+. The predicted molar refractivity (Wildman–Crippen MR) is 105 cm³/mol. The summed E-state index contributed by atoms with van der Waals surface area (Å²) in [5, 5.41) is 3.13. The van der Waals surface area contributed by atoms with Crippen molar-refractivity contribution in [3.05, 3.63) is 66.3 Å². The lowest BCUT2D eigenvalue weighted by Gasteiger charge is -2.24. The van der Waals surface area contributed by atoms with Crippen molar-refractivity contribution >= 4 is 12.2 Å². The van der Waals surface area contributed by atoms with E-state index in [2.05, 4.69) is 16.9 Å². The number of hydrogen-bond donors (Lipinski definition) is 1. The van der Waals surface area contributed by atoms with E-state index in [4.69, 9.17) is 4.42 Å². The van der Waals surface area contributed by atoms with E-state index in [1.807, 2.05) is 30.3 Å². The van der Waals surface area contributed by atoms with Crippen LogP contribution in [0.4, 0.5) is 0 Å². The zero-order valence-electron chi connectivity index (χ0n) is 15.9. The minimum Gasteiger partial charge on any atom is -0.444 e. The average molecular weight is 377 g/mol. The van der Waals surface area contributed by atoms with Crippen LogP contribution < -0.4 is 5.32 Å². The van der Waals surface area contributed by atoms with Crippen LogP contribution in [-0.2, 0) is 16.1 Å². The summed E-state index contributed by atoms with van der Waals surface area (Å²) in [6, 6.07) is 9.20. The molecule has 6 heteroatoms. The molecule has 1 N–H and O–H groups in total. The molecule has 2 heterocycles. The topological polar surface area (TPSA) is 75.4 Å². The molecule has 144 valence electrons. The zero-order chi connectivity index (χ0) is 19.7. The number of allylic oxidation sites excluding steroid dienone is 2. The number of rotatable bonds is 6. The van der Waals surface area contributed by atoms with E-state index in [-0.39, 0.29) is 11.3 Å². The van der Waals surface area contributed by atoms with Gasteiger partial charge in [0.05, 0.1) is 24.0 Å². The van der Waals surface area contributed by atoms with Crippen LogP contribution in [-0.4, -0.2) is 28.1 Å². The van der Waals surface area contributed by atoms with Crippen molar-refractivity contribution in [2.75, 3.05) is 0 Å². The Kier molecular flexibility index (Phi) is 4.63. The number of nitrogens with zero attached hydrogens (tertiary/aromatic N) is 2. The van der Waals surface area contributed by atoms with Gasteiger partial charge in [-0.1, -0.05) is 30.9 Å². The number of amides is 1. The normalized spacial score (nSPS) is 20.5. The molecule has 1 saturated carbocycles.